The maximum atomic E-state index is 12.7. The monoisotopic (exact) mass is 1220 g/mol. The van der Waals surface area contributed by atoms with Crippen LogP contribution in [0.1, 0.15) is 135 Å². The number of aryl methyl sites for hydroxylation is 3. The van der Waals surface area contributed by atoms with Crippen LogP contribution < -0.4 is 24.2 Å². The molecule has 0 aromatic carbocycles. The fourth-order valence-electron chi connectivity index (χ4n) is 10.8. The minimum Gasteiger partial charge on any atom is -0.492 e. The summed E-state index contributed by atoms with van der Waals surface area (Å²) < 4.78 is 11.7. The van der Waals surface area contributed by atoms with E-state index in [0.29, 0.717) is 89.8 Å². The van der Waals surface area contributed by atoms with Gasteiger partial charge in [0, 0.05) is 123 Å². The molecule has 88 heavy (non-hydrogen) atoms. The number of hydrogen-bond donors (Lipinski definition) is 0. The van der Waals surface area contributed by atoms with E-state index in [4.69, 9.17) is 51.0 Å². The summed E-state index contributed by atoms with van der Waals surface area (Å²) in [4.78, 5) is 90.4. The molecular formula is C68H95ClN14O5. The normalized spacial score (nSPS) is 14.2. The van der Waals surface area contributed by atoms with Gasteiger partial charge in [0.05, 0.1) is 18.1 Å². The standard InChI is InChI=1S/2C24H35N5O2.C20H25ClN4O/c2*1-16(2)14-22(30)17(3)29(6)24-19-8-7-9-20(19)26-23(27-24)21-15-18(10-11-25-21)31-13-12-28(4)5;1-12(2)10-18(26)13(3)25(4)20-15-6-5-7-16(15)23-19(24-20)17-11-14(21)8-9-22-17/h2*10-11,15-17H,7-9,12-14H2,1-6H3;8-9,11-13H,5-7,10H2,1-4H3/t2*17-;/m10./s1. The second-order valence-corrected chi connectivity index (χ2v) is 25.9. The van der Waals surface area contributed by atoms with E-state index in [1.807, 2.05) is 109 Å². The number of nitrogens with zero attached hydrogens (tertiary/aromatic N) is 14. The number of ether oxygens (including phenoxy) is 2. The quantitative estimate of drug-likeness (QED) is 0.0496. The van der Waals surface area contributed by atoms with Crippen molar-refractivity contribution in [2.24, 2.45) is 17.8 Å². The highest BCUT2D eigenvalue weighted by molar-refractivity contribution is 6.30. The molecular weight excluding hydrogens is 1130 g/mol. The maximum absolute atomic E-state index is 12.7. The van der Waals surface area contributed by atoms with Crippen molar-refractivity contribution in [3.05, 3.63) is 93.8 Å². The van der Waals surface area contributed by atoms with E-state index >= 15 is 0 Å². The average molecular weight is 1220 g/mol. The summed E-state index contributed by atoms with van der Waals surface area (Å²) in [6.07, 6.45) is 15.6. The summed E-state index contributed by atoms with van der Waals surface area (Å²) in [6.45, 7) is 21.2. The number of rotatable bonds is 26. The molecule has 6 aromatic rings. The van der Waals surface area contributed by atoms with Crippen molar-refractivity contribution in [3.63, 3.8) is 0 Å². The first-order chi connectivity index (χ1) is 41.9. The van der Waals surface area contributed by atoms with Gasteiger partial charge in [-0.25, -0.2) is 29.9 Å². The van der Waals surface area contributed by atoms with Crippen molar-refractivity contribution in [2.45, 2.75) is 157 Å². The lowest BCUT2D eigenvalue weighted by atomic mass is 10.0. The van der Waals surface area contributed by atoms with E-state index in [-0.39, 0.29) is 35.5 Å². The molecule has 9 rings (SSSR count). The molecule has 0 aliphatic heterocycles. The molecule has 0 amide bonds. The van der Waals surface area contributed by atoms with Gasteiger partial charge in [0.1, 0.15) is 59.2 Å². The molecule has 1 unspecified atom stereocenters. The predicted octanol–water partition coefficient (Wildman–Crippen LogP) is 10.9. The number of carbonyl (C=O) groups excluding carboxylic acids is 3. The van der Waals surface area contributed by atoms with Gasteiger partial charge in [0.25, 0.3) is 0 Å². The van der Waals surface area contributed by atoms with Gasteiger partial charge in [-0.05, 0) is 149 Å². The van der Waals surface area contributed by atoms with Gasteiger partial charge < -0.3 is 34.0 Å². The van der Waals surface area contributed by atoms with Gasteiger partial charge in [-0.2, -0.15) is 0 Å². The molecule has 474 valence electrons. The molecule has 0 saturated carbocycles. The molecule has 0 saturated heterocycles. The molecule has 3 aliphatic carbocycles. The Morgan fingerprint density at radius 1 is 0.443 bits per heavy atom. The summed E-state index contributed by atoms with van der Waals surface area (Å²) in [5.74, 6) is 7.53. The number of anilines is 3. The van der Waals surface area contributed by atoms with Crippen molar-refractivity contribution in [2.75, 3.05) is 90.3 Å². The minimum atomic E-state index is -0.233. The first-order valence-electron chi connectivity index (χ1n) is 31.4. The third kappa shape index (κ3) is 18.5. The topological polar surface area (TPSA) is 202 Å². The number of carbonyl (C=O) groups is 3. The molecule has 0 N–H and O–H groups in total. The smallest absolute Gasteiger partial charge is 0.180 e. The second-order valence-electron chi connectivity index (χ2n) is 25.4. The zero-order valence-corrected chi connectivity index (χ0v) is 55.9. The van der Waals surface area contributed by atoms with Crippen LogP contribution in [0, 0.1) is 17.8 Å². The number of hydrogen-bond acceptors (Lipinski definition) is 19. The number of Topliss-reactive ketones (excluding diaryl/α,β-unsaturated/α-hetero) is 3. The minimum absolute atomic E-state index is 0.225. The Morgan fingerprint density at radius 3 is 1.05 bits per heavy atom. The number of halogens is 1. The van der Waals surface area contributed by atoms with Crippen LogP contribution in [0.5, 0.6) is 11.5 Å². The van der Waals surface area contributed by atoms with Gasteiger partial charge in [-0.1, -0.05) is 53.1 Å². The zero-order chi connectivity index (χ0) is 63.9. The van der Waals surface area contributed by atoms with Crippen LogP contribution in [-0.2, 0) is 52.9 Å². The SMILES string of the molecule is CC(C)CC(=O)C(C)N(C)c1nc(-c2cc(Cl)ccn2)nc2c1CCC2.CC(C)CC(=O)[C@@H](C)N(C)c1nc(-c2cc(OCCN(C)C)ccn2)nc2c1CCC2.CC(C)CC(=O)[C@H](C)N(C)c1nc(-c2cc(OCCN(C)C)ccn2)nc2c1CCC2. The van der Waals surface area contributed by atoms with Gasteiger partial charge in [-0.15, -0.1) is 0 Å². The van der Waals surface area contributed by atoms with E-state index in [1.54, 1.807) is 30.7 Å². The summed E-state index contributed by atoms with van der Waals surface area (Å²) in [5, 5.41) is 0.606. The Kier molecular flexibility index (Phi) is 24.8. The van der Waals surface area contributed by atoms with E-state index in [2.05, 4.69) is 66.3 Å². The summed E-state index contributed by atoms with van der Waals surface area (Å²) in [5.41, 5.74) is 8.70. The first-order valence-corrected chi connectivity index (χ1v) is 31.8. The number of pyridine rings is 3. The second kappa shape index (κ2) is 31.9. The molecule has 0 fully saturated rings. The van der Waals surface area contributed by atoms with E-state index in [9.17, 15) is 14.4 Å². The van der Waals surface area contributed by atoms with Crippen molar-refractivity contribution >= 4 is 46.4 Å². The van der Waals surface area contributed by atoms with Crippen molar-refractivity contribution in [1.29, 1.82) is 0 Å². The van der Waals surface area contributed by atoms with Gasteiger partial charge in [-0.3, -0.25) is 29.3 Å². The summed E-state index contributed by atoms with van der Waals surface area (Å²) >= 11 is 6.10. The Balaban J connectivity index is 0.000000189. The molecule has 20 heteroatoms. The molecule has 19 nitrogen and oxygen atoms in total. The summed E-state index contributed by atoms with van der Waals surface area (Å²) in [6, 6.07) is 10.3. The number of likely N-dealkylation sites (N-methyl/N-ethyl adjacent to an activating group) is 5. The lowest BCUT2D eigenvalue weighted by Gasteiger charge is -2.27. The molecule has 0 spiro atoms. The average Bonchev–Trinajstić information content (AvgIpc) is 1.94. The largest absolute Gasteiger partial charge is 0.492 e. The molecule has 3 aliphatic rings. The highest BCUT2D eigenvalue weighted by Crippen LogP contribution is 2.36. The maximum Gasteiger partial charge on any atom is 0.180 e. The Labute approximate surface area is 527 Å². The van der Waals surface area contributed by atoms with Crippen molar-refractivity contribution < 1.29 is 23.9 Å². The fraction of sp³-hybridized carbons (Fsp3) is 0.559. The van der Waals surface area contributed by atoms with Crippen LogP contribution in [0.25, 0.3) is 34.6 Å². The van der Waals surface area contributed by atoms with Gasteiger partial charge >= 0.3 is 0 Å². The zero-order valence-electron chi connectivity index (χ0n) is 55.2. The number of fused-ring (bicyclic) bond motifs is 3. The lowest BCUT2D eigenvalue weighted by molar-refractivity contribution is -0.121. The third-order valence-corrected chi connectivity index (χ3v) is 16.4. The van der Waals surface area contributed by atoms with Crippen LogP contribution in [0.2, 0.25) is 5.02 Å². The van der Waals surface area contributed by atoms with Crippen LogP contribution in [0.15, 0.2) is 55.0 Å². The fourth-order valence-corrected chi connectivity index (χ4v) is 11.0. The van der Waals surface area contributed by atoms with E-state index in [0.717, 1.165) is 134 Å². The third-order valence-electron chi connectivity index (χ3n) is 16.2. The Morgan fingerprint density at radius 2 is 0.750 bits per heavy atom. The molecule has 6 heterocycles. The van der Waals surface area contributed by atoms with Crippen molar-refractivity contribution in [3.8, 4) is 46.1 Å². The van der Waals surface area contributed by atoms with Gasteiger partial charge in [0.2, 0.25) is 0 Å². The van der Waals surface area contributed by atoms with Crippen LogP contribution in [0.4, 0.5) is 17.5 Å². The highest BCUT2D eigenvalue weighted by Gasteiger charge is 2.31. The van der Waals surface area contributed by atoms with Crippen LogP contribution >= 0.6 is 11.6 Å². The highest BCUT2D eigenvalue weighted by atomic mass is 35.5. The van der Waals surface area contributed by atoms with Gasteiger partial charge in [0.15, 0.2) is 34.8 Å². The molecule has 0 bridgehead atoms. The molecule has 6 aromatic heterocycles. The number of ketones is 3. The molecule has 0 radical (unpaired) electrons. The van der Waals surface area contributed by atoms with Crippen LogP contribution in [0.3, 0.4) is 0 Å². The van der Waals surface area contributed by atoms with Crippen LogP contribution in [-0.4, -0.2) is 166 Å². The summed E-state index contributed by atoms with van der Waals surface area (Å²) in [7, 11) is 13.9. The van der Waals surface area contributed by atoms with E-state index < -0.39 is 0 Å². The number of aromatic nitrogens is 9. The lowest BCUT2D eigenvalue weighted by Crippen LogP contribution is -2.37. The predicted molar refractivity (Wildman–Crippen MR) is 352 cm³/mol. The van der Waals surface area contributed by atoms with Crippen molar-refractivity contribution in [1.82, 2.24) is 54.7 Å². The Hall–Kier alpha value is -7.09. The first kappa shape index (κ1) is 68.4. The van der Waals surface area contributed by atoms with E-state index in [1.165, 1.54) is 0 Å². The molecule has 3 atom stereocenters. The Bertz CT molecular complexity index is 3190.